The molecule has 1 N–H and O–H groups in total. The maximum Gasteiger partial charge on any atom is 0.0156 e. The van der Waals surface area contributed by atoms with Crippen LogP contribution >= 0.6 is 0 Å². The molecule has 0 aliphatic carbocycles. The van der Waals surface area contributed by atoms with Crippen LogP contribution in [0.4, 0.5) is 0 Å². The van der Waals surface area contributed by atoms with E-state index in [9.17, 15) is 0 Å². The fraction of sp³-hybridized carbons (Fsp3) is 0.474. The van der Waals surface area contributed by atoms with Crippen molar-refractivity contribution < 1.29 is 0 Å². The third-order valence-corrected chi connectivity index (χ3v) is 4.20. The van der Waals surface area contributed by atoms with Gasteiger partial charge in [-0.25, -0.2) is 0 Å². The molecular weight excluding hydrogens is 242 g/mol. The van der Waals surface area contributed by atoms with Crippen LogP contribution in [0.5, 0.6) is 0 Å². The molecule has 2 aromatic rings. The molecule has 0 aliphatic heterocycles. The average Bonchev–Trinajstić information content (AvgIpc) is 2.46. The fourth-order valence-corrected chi connectivity index (χ4v) is 3.14. The standard InChI is InChI=1S/C19H27N/c1-5-13-20-19(14(2)3)15(4)17-12-8-10-16-9-6-7-11-18(16)17/h6-12,14-15,19-20H,5,13H2,1-4H3. The van der Waals surface area contributed by atoms with Gasteiger partial charge in [-0.05, 0) is 41.1 Å². The molecule has 2 atom stereocenters. The lowest BCUT2D eigenvalue weighted by atomic mass is 9.84. The zero-order valence-corrected chi connectivity index (χ0v) is 13.2. The van der Waals surface area contributed by atoms with Crippen molar-refractivity contribution in [3.8, 4) is 0 Å². The van der Waals surface area contributed by atoms with Gasteiger partial charge < -0.3 is 5.32 Å². The van der Waals surface area contributed by atoms with Crippen LogP contribution in [0.3, 0.4) is 0 Å². The normalized spacial score (nSPS) is 14.7. The zero-order chi connectivity index (χ0) is 14.5. The Labute approximate surface area is 123 Å². The summed E-state index contributed by atoms with van der Waals surface area (Å²) >= 11 is 0. The summed E-state index contributed by atoms with van der Waals surface area (Å²) in [4.78, 5) is 0. The van der Waals surface area contributed by atoms with Crippen molar-refractivity contribution in [1.82, 2.24) is 5.32 Å². The van der Waals surface area contributed by atoms with Gasteiger partial charge >= 0.3 is 0 Å². The maximum atomic E-state index is 3.73. The first kappa shape index (κ1) is 15.1. The Balaban J connectivity index is 2.35. The first-order valence-electron chi connectivity index (χ1n) is 7.86. The van der Waals surface area contributed by atoms with Crippen LogP contribution < -0.4 is 5.32 Å². The van der Waals surface area contributed by atoms with E-state index in [1.807, 2.05) is 0 Å². The molecule has 0 saturated carbocycles. The zero-order valence-electron chi connectivity index (χ0n) is 13.2. The number of fused-ring (bicyclic) bond motifs is 1. The van der Waals surface area contributed by atoms with Crippen LogP contribution in [-0.4, -0.2) is 12.6 Å². The van der Waals surface area contributed by atoms with Gasteiger partial charge in [-0.2, -0.15) is 0 Å². The van der Waals surface area contributed by atoms with Gasteiger partial charge in [0.25, 0.3) is 0 Å². The molecular formula is C19H27N. The maximum absolute atomic E-state index is 3.73. The van der Waals surface area contributed by atoms with E-state index < -0.39 is 0 Å². The van der Waals surface area contributed by atoms with Crippen LogP contribution in [0.15, 0.2) is 42.5 Å². The second-order valence-electron chi connectivity index (χ2n) is 6.08. The fourth-order valence-electron chi connectivity index (χ4n) is 3.14. The third-order valence-electron chi connectivity index (χ3n) is 4.20. The highest BCUT2D eigenvalue weighted by Crippen LogP contribution is 2.30. The van der Waals surface area contributed by atoms with Crippen molar-refractivity contribution in [2.45, 2.75) is 46.1 Å². The molecule has 2 rings (SSSR count). The third kappa shape index (κ3) is 3.21. The highest BCUT2D eigenvalue weighted by Gasteiger charge is 2.22. The van der Waals surface area contributed by atoms with Gasteiger partial charge in [-0.1, -0.05) is 70.2 Å². The van der Waals surface area contributed by atoms with Gasteiger partial charge in [0.05, 0.1) is 0 Å². The molecule has 0 aliphatic rings. The Bertz CT molecular complexity index is 539. The smallest absolute Gasteiger partial charge is 0.0156 e. The Morgan fingerprint density at radius 3 is 2.35 bits per heavy atom. The van der Waals surface area contributed by atoms with Crippen LogP contribution in [0.25, 0.3) is 10.8 Å². The van der Waals surface area contributed by atoms with E-state index in [-0.39, 0.29) is 0 Å². The van der Waals surface area contributed by atoms with E-state index in [0.29, 0.717) is 17.9 Å². The predicted molar refractivity (Wildman–Crippen MR) is 89.3 cm³/mol. The quantitative estimate of drug-likeness (QED) is 0.781. The SMILES string of the molecule is CCCNC(C(C)C)C(C)c1cccc2ccccc12. The summed E-state index contributed by atoms with van der Waals surface area (Å²) < 4.78 is 0. The summed E-state index contributed by atoms with van der Waals surface area (Å²) in [6.45, 7) is 10.3. The number of benzene rings is 2. The lowest BCUT2D eigenvalue weighted by Crippen LogP contribution is -2.38. The van der Waals surface area contributed by atoms with Gasteiger partial charge in [0, 0.05) is 6.04 Å². The highest BCUT2D eigenvalue weighted by molar-refractivity contribution is 5.86. The van der Waals surface area contributed by atoms with Crippen LogP contribution in [0.1, 0.15) is 45.6 Å². The first-order chi connectivity index (χ1) is 9.65. The van der Waals surface area contributed by atoms with E-state index in [1.54, 1.807) is 0 Å². The van der Waals surface area contributed by atoms with E-state index in [1.165, 1.54) is 22.8 Å². The molecule has 2 aromatic carbocycles. The first-order valence-corrected chi connectivity index (χ1v) is 7.86. The van der Waals surface area contributed by atoms with E-state index in [4.69, 9.17) is 0 Å². The molecule has 2 unspecified atom stereocenters. The van der Waals surface area contributed by atoms with Crippen molar-refractivity contribution in [3.05, 3.63) is 48.0 Å². The monoisotopic (exact) mass is 269 g/mol. The van der Waals surface area contributed by atoms with Crippen molar-refractivity contribution in [2.24, 2.45) is 5.92 Å². The Morgan fingerprint density at radius 2 is 1.65 bits per heavy atom. The van der Waals surface area contributed by atoms with E-state index in [2.05, 4.69) is 75.5 Å². The van der Waals surface area contributed by atoms with Gasteiger partial charge in [-0.3, -0.25) is 0 Å². The highest BCUT2D eigenvalue weighted by atomic mass is 14.9. The molecule has 0 radical (unpaired) electrons. The number of rotatable bonds is 6. The molecule has 0 amide bonds. The molecule has 0 saturated heterocycles. The summed E-state index contributed by atoms with van der Waals surface area (Å²) in [7, 11) is 0. The Kier molecular flexibility index (Phi) is 5.19. The largest absolute Gasteiger partial charge is 0.313 e. The summed E-state index contributed by atoms with van der Waals surface area (Å²) in [5, 5.41) is 6.47. The van der Waals surface area contributed by atoms with Gasteiger partial charge in [0.15, 0.2) is 0 Å². The molecule has 1 nitrogen and oxygen atoms in total. The van der Waals surface area contributed by atoms with Crippen LogP contribution in [0.2, 0.25) is 0 Å². The molecule has 1 heteroatoms. The summed E-state index contributed by atoms with van der Waals surface area (Å²) in [5.41, 5.74) is 1.46. The van der Waals surface area contributed by atoms with Crippen molar-refractivity contribution in [1.29, 1.82) is 0 Å². The lowest BCUT2D eigenvalue weighted by Gasteiger charge is -2.30. The molecule has 0 fully saturated rings. The van der Waals surface area contributed by atoms with E-state index >= 15 is 0 Å². The molecule has 0 bridgehead atoms. The number of nitrogens with one attached hydrogen (secondary N) is 1. The van der Waals surface area contributed by atoms with Gasteiger partial charge in [0.2, 0.25) is 0 Å². The Hall–Kier alpha value is -1.34. The minimum Gasteiger partial charge on any atom is -0.313 e. The molecule has 20 heavy (non-hydrogen) atoms. The number of hydrogen-bond acceptors (Lipinski definition) is 1. The lowest BCUT2D eigenvalue weighted by molar-refractivity contribution is 0.355. The molecule has 108 valence electrons. The summed E-state index contributed by atoms with van der Waals surface area (Å²) in [6.07, 6.45) is 1.19. The van der Waals surface area contributed by atoms with Crippen molar-refractivity contribution in [2.75, 3.05) is 6.54 Å². The minimum atomic E-state index is 0.521. The van der Waals surface area contributed by atoms with Crippen molar-refractivity contribution in [3.63, 3.8) is 0 Å². The molecule has 0 heterocycles. The topological polar surface area (TPSA) is 12.0 Å². The second kappa shape index (κ2) is 6.90. The van der Waals surface area contributed by atoms with Crippen LogP contribution in [-0.2, 0) is 0 Å². The van der Waals surface area contributed by atoms with E-state index in [0.717, 1.165) is 6.54 Å². The number of hydrogen-bond donors (Lipinski definition) is 1. The molecule has 0 spiro atoms. The summed E-state index contributed by atoms with van der Waals surface area (Å²) in [5.74, 6) is 1.16. The van der Waals surface area contributed by atoms with Crippen LogP contribution in [0, 0.1) is 5.92 Å². The molecule has 0 aromatic heterocycles. The average molecular weight is 269 g/mol. The van der Waals surface area contributed by atoms with Gasteiger partial charge in [0.1, 0.15) is 0 Å². The summed E-state index contributed by atoms with van der Waals surface area (Å²) in [6, 6.07) is 15.9. The second-order valence-corrected chi connectivity index (χ2v) is 6.08. The minimum absolute atomic E-state index is 0.521. The Morgan fingerprint density at radius 1 is 0.950 bits per heavy atom. The van der Waals surface area contributed by atoms with Crippen molar-refractivity contribution >= 4 is 10.8 Å². The predicted octanol–water partition coefficient (Wildman–Crippen LogP) is 4.97. The van der Waals surface area contributed by atoms with Gasteiger partial charge in [-0.15, -0.1) is 0 Å².